The molecule has 0 radical (unpaired) electrons. The Morgan fingerprint density at radius 1 is 0.923 bits per heavy atom. The minimum Gasteiger partial charge on any atom is -0.356 e. The van der Waals surface area contributed by atoms with Gasteiger partial charge < -0.3 is 16.0 Å². The van der Waals surface area contributed by atoms with Gasteiger partial charge in [-0.25, -0.2) is 0 Å². The normalized spacial score (nSPS) is 11.1. The molecule has 138 valence electrons. The van der Waals surface area contributed by atoms with E-state index in [0.717, 1.165) is 18.0 Å². The van der Waals surface area contributed by atoms with Gasteiger partial charge in [-0.1, -0.05) is 47.5 Å². The van der Waals surface area contributed by atoms with E-state index in [9.17, 15) is 4.79 Å². The molecule has 0 saturated heterocycles. The minimum atomic E-state index is -0.192. The van der Waals surface area contributed by atoms with Crippen molar-refractivity contribution in [1.82, 2.24) is 16.0 Å². The third-order valence-electron chi connectivity index (χ3n) is 3.66. The molecule has 0 unspecified atom stereocenters. The highest BCUT2D eigenvalue weighted by Crippen LogP contribution is 2.14. The molecule has 0 fully saturated rings. The number of carbonyl (C=O) groups is 1. The molecule has 2 aromatic carbocycles. The van der Waals surface area contributed by atoms with E-state index in [0.29, 0.717) is 29.6 Å². The standard InChI is InChI=1S/C19H22Cl2N4O/c1-22-19(24-11-10-14-6-8-15(20)9-7-14)25-13-12-23-18(26)16-4-2-3-5-17(16)21/h2-9H,10-13H2,1H3,(H,23,26)(H2,22,24,25). The topological polar surface area (TPSA) is 65.5 Å². The van der Waals surface area contributed by atoms with Gasteiger partial charge in [-0.05, 0) is 36.2 Å². The summed E-state index contributed by atoms with van der Waals surface area (Å²) in [5, 5.41) is 10.4. The average molecular weight is 393 g/mol. The summed E-state index contributed by atoms with van der Waals surface area (Å²) in [6.45, 7) is 1.76. The number of aliphatic imine (C=N–C) groups is 1. The fourth-order valence-corrected chi connectivity index (χ4v) is 2.64. The molecule has 26 heavy (non-hydrogen) atoms. The lowest BCUT2D eigenvalue weighted by Crippen LogP contribution is -2.42. The average Bonchev–Trinajstić information content (AvgIpc) is 2.65. The Morgan fingerprint density at radius 2 is 1.58 bits per heavy atom. The zero-order chi connectivity index (χ0) is 18.8. The largest absolute Gasteiger partial charge is 0.356 e. The molecule has 0 spiro atoms. The number of hydrogen-bond donors (Lipinski definition) is 3. The number of nitrogens with zero attached hydrogens (tertiary/aromatic N) is 1. The van der Waals surface area contributed by atoms with Crippen molar-refractivity contribution in [3.05, 3.63) is 69.7 Å². The molecule has 1 amide bonds. The number of halogens is 2. The fourth-order valence-electron chi connectivity index (χ4n) is 2.29. The number of rotatable bonds is 7. The predicted octanol–water partition coefficient (Wildman–Crippen LogP) is 3.13. The summed E-state index contributed by atoms with van der Waals surface area (Å²) < 4.78 is 0. The fraction of sp³-hybridized carbons (Fsp3) is 0.263. The Kier molecular flexibility index (Phi) is 8.25. The van der Waals surface area contributed by atoms with Crippen LogP contribution < -0.4 is 16.0 Å². The molecule has 2 rings (SSSR count). The monoisotopic (exact) mass is 392 g/mol. The van der Waals surface area contributed by atoms with Gasteiger partial charge in [-0.15, -0.1) is 0 Å². The van der Waals surface area contributed by atoms with Crippen LogP contribution in [0.3, 0.4) is 0 Å². The quantitative estimate of drug-likeness (QED) is 0.385. The maximum atomic E-state index is 12.1. The van der Waals surface area contributed by atoms with Crippen LogP contribution in [0, 0.1) is 0 Å². The second kappa shape index (κ2) is 10.7. The van der Waals surface area contributed by atoms with E-state index < -0.39 is 0 Å². The summed E-state index contributed by atoms with van der Waals surface area (Å²) >= 11 is 11.9. The van der Waals surface area contributed by atoms with E-state index in [1.807, 2.05) is 24.3 Å². The molecule has 0 saturated carbocycles. The summed E-state index contributed by atoms with van der Waals surface area (Å²) in [5.41, 5.74) is 1.67. The third-order valence-corrected chi connectivity index (χ3v) is 4.25. The summed E-state index contributed by atoms with van der Waals surface area (Å²) in [7, 11) is 1.71. The molecule has 7 heteroatoms. The maximum absolute atomic E-state index is 12.1. The van der Waals surface area contributed by atoms with Crippen molar-refractivity contribution in [3.63, 3.8) is 0 Å². The smallest absolute Gasteiger partial charge is 0.252 e. The van der Waals surface area contributed by atoms with Gasteiger partial charge >= 0.3 is 0 Å². The summed E-state index contributed by atoms with van der Waals surface area (Å²) in [5.74, 6) is 0.494. The lowest BCUT2D eigenvalue weighted by Gasteiger charge is -2.12. The van der Waals surface area contributed by atoms with E-state index in [4.69, 9.17) is 23.2 Å². The van der Waals surface area contributed by atoms with Gasteiger partial charge in [0, 0.05) is 31.7 Å². The van der Waals surface area contributed by atoms with Crippen molar-refractivity contribution >= 4 is 35.1 Å². The van der Waals surface area contributed by atoms with Crippen LogP contribution in [0.25, 0.3) is 0 Å². The Balaban J connectivity index is 1.66. The zero-order valence-corrected chi connectivity index (χ0v) is 16.1. The van der Waals surface area contributed by atoms with Gasteiger partial charge in [0.1, 0.15) is 0 Å². The van der Waals surface area contributed by atoms with Crippen LogP contribution >= 0.6 is 23.2 Å². The van der Waals surface area contributed by atoms with Crippen LogP contribution in [-0.2, 0) is 6.42 Å². The highest BCUT2D eigenvalue weighted by Gasteiger charge is 2.08. The number of guanidine groups is 1. The first-order chi connectivity index (χ1) is 12.6. The summed E-state index contributed by atoms with van der Waals surface area (Å²) in [6, 6.07) is 14.7. The van der Waals surface area contributed by atoms with Crippen LogP contribution in [0.15, 0.2) is 53.5 Å². The van der Waals surface area contributed by atoms with Gasteiger partial charge in [0.25, 0.3) is 5.91 Å². The van der Waals surface area contributed by atoms with Crippen molar-refractivity contribution in [3.8, 4) is 0 Å². The molecule has 3 N–H and O–H groups in total. The Bertz CT molecular complexity index is 747. The molecule has 2 aromatic rings. The van der Waals surface area contributed by atoms with Gasteiger partial charge in [-0.2, -0.15) is 0 Å². The molecule has 0 heterocycles. The molecular weight excluding hydrogens is 371 g/mol. The number of hydrogen-bond acceptors (Lipinski definition) is 2. The molecule has 0 bridgehead atoms. The van der Waals surface area contributed by atoms with Gasteiger partial charge in [0.15, 0.2) is 5.96 Å². The molecule has 0 aromatic heterocycles. The number of benzene rings is 2. The van der Waals surface area contributed by atoms with Crippen LogP contribution in [0.1, 0.15) is 15.9 Å². The lowest BCUT2D eigenvalue weighted by molar-refractivity contribution is 0.0954. The minimum absolute atomic E-state index is 0.192. The number of amides is 1. The van der Waals surface area contributed by atoms with Crippen LogP contribution in [0.5, 0.6) is 0 Å². The molecule has 0 atom stereocenters. The molecular formula is C19H22Cl2N4O. The first-order valence-corrected chi connectivity index (χ1v) is 9.07. The SMILES string of the molecule is CN=C(NCCNC(=O)c1ccccc1Cl)NCCc1ccc(Cl)cc1. The van der Waals surface area contributed by atoms with Crippen molar-refractivity contribution in [2.24, 2.45) is 4.99 Å². The van der Waals surface area contributed by atoms with Crippen molar-refractivity contribution < 1.29 is 4.79 Å². The molecule has 5 nitrogen and oxygen atoms in total. The van der Waals surface area contributed by atoms with Crippen molar-refractivity contribution in [2.45, 2.75) is 6.42 Å². The Morgan fingerprint density at radius 3 is 2.27 bits per heavy atom. The van der Waals surface area contributed by atoms with E-state index in [1.165, 1.54) is 5.56 Å². The van der Waals surface area contributed by atoms with Crippen molar-refractivity contribution in [1.29, 1.82) is 0 Å². The predicted molar refractivity (Wildman–Crippen MR) is 108 cm³/mol. The van der Waals surface area contributed by atoms with Crippen LogP contribution in [-0.4, -0.2) is 38.5 Å². The van der Waals surface area contributed by atoms with Crippen LogP contribution in [0.2, 0.25) is 10.0 Å². The van der Waals surface area contributed by atoms with E-state index in [-0.39, 0.29) is 5.91 Å². The second-order valence-electron chi connectivity index (χ2n) is 5.54. The zero-order valence-electron chi connectivity index (χ0n) is 14.6. The summed E-state index contributed by atoms with van der Waals surface area (Å²) in [4.78, 5) is 16.2. The van der Waals surface area contributed by atoms with E-state index in [2.05, 4.69) is 20.9 Å². The molecule has 0 aliphatic rings. The van der Waals surface area contributed by atoms with Gasteiger partial charge in [-0.3, -0.25) is 9.79 Å². The molecule has 0 aliphatic heterocycles. The summed E-state index contributed by atoms with van der Waals surface area (Å²) in [6.07, 6.45) is 0.862. The van der Waals surface area contributed by atoms with Crippen molar-refractivity contribution in [2.75, 3.05) is 26.7 Å². The Hall–Kier alpha value is -2.24. The first kappa shape index (κ1) is 20.1. The number of carbonyl (C=O) groups excluding carboxylic acids is 1. The molecule has 0 aliphatic carbocycles. The van der Waals surface area contributed by atoms with E-state index in [1.54, 1.807) is 31.3 Å². The van der Waals surface area contributed by atoms with Gasteiger partial charge in [0.2, 0.25) is 0 Å². The maximum Gasteiger partial charge on any atom is 0.252 e. The first-order valence-electron chi connectivity index (χ1n) is 8.32. The van der Waals surface area contributed by atoms with E-state index >= 15 is 0 Å². The number of nitrogens with one attached hydrogen (secondary N) is 3. The highest BCUT2D eigenvalue weighted by molar-refractivity contribution is 6.33. The Labute approximate surface area is 163 Å². The lowest BCUT2D eigenvalue weighted by atomic mass is 10.1. The second-order valence-corrected chi connectivity index (χ2v) is 6.38. The van der Waals surface area contributed by atoms with Crippen LogP contribution in [0.4, 0.5) is 0 Å². The highest BCUT2D eigenvalue weighted by atomic mass is 35.5. The van der Waals surface area contributed by atoms with Gasteiger partial charge in [0.05, 0.1) is 10.6 Å². The third kappa shape index (κ3) is 6.58.